The lowest BCUT2D eigenvalue weighted by Gasteiger charge is -2.06. The predicted octanol–water partition coefficient (Wildman–Crippen LogP) is 1.30. The van der Waals surface area contributed by atoms with Crippen LogP contribution in [0.4, 0.5) is 5.69 Å². The van der Waals surface area contributed by atoms with Crippen molar-refractivity contribution in [3.8, 4) is 11.5 Å². The molecule has 0 heterocycles. The van der Waals surface area contributed by atoms with E-state index in [1.54, 1.807) is 30.3 Å². The number of carbonyl (C=O) groups excluding carboxylic acids is 3. The molecular weight excluding hydrogens is 388 g/mol. The Bertz CT molecular complexity index is 899. The third-order valence-corrected chi connectivity index (χ3v) is 3.56. The van der Waals surface area contributed by atoms with Crippen LogP contribution in [-0.2, 0) is 14.4 Å². The van der Waals surface area contributed by atoms with Crippen LogP contribution < -0.4 is 25.9 Å². The molecule has 0 saturated heterocycles. The van der Waals surface area contributed by atoms with Gasteiger partial charge in [-0.25, -0.2) is 5.43 Å². The summed E-state index contributed by atoms with van der Waals surface area (Å²) in [5.74, 6) is -1.55. The Morgan fingerprint density at radius 3 is 2.46 bits per heavy atom. The lowest BCUT2D eigenvalue weighted by molar-refractivity contribution is -0.136. The van der Waals surface area contributed by atoms with Crippen molar-refractivity contribution in [1.82, 2.24) is 5.43 Å². The maximum Gasteiger partial charge on any atom is 0.329 e. The number of carbonyl (C=O) groups is 3. The van der Waals surface area contributed by atoms with Crippen LogP contribution in [0, 0.1) is 0 Å². The van der Waals surface area contributed by atoms with Gasteiger partial charge in [0.2, 0.25) is 0 Å². The highest BCUT2D eigenvalue weighted by atomic mass is 35.5. The van der Waals surface area contributed by atoms with Crippen molar-refractivity contribution < 1.29 is 23.9 Å². The van der Waals surface area contributed by atoms with Crippen molar-refractivity contribution in [2.45, 2.75) is 0 Å². The van der Waals surface area contributed by atoms with Gasteiger partial charge in [-0.2, -0.15) is 5.10 Å². The van der Waals surface area contributed by atoms with Crippen LogP contribution in [0.25, 0.3) is 0 Å². The van der Waals surface area contributed by atoms with Crippen LogP contribution in [0.2, 0.25) is 5.02 Å². The van der Waals surface area contributed by atoms with Gasteiger partial charge in [-0.05, 0) is 48.0 Å². The minimum atomic E-state index is -0.945. The molecule has 146 valence electrons. The van der Waals surface area contributed by atoms with E-state index in [4.69, 9.17) is 26.8 Å². The van der Waals surface area contributed by atoms with Crippen LogP contribution in [0.5, 0.6) is 11.5 Å². The SMILES string of the molecule is COc1ccc(NC(=O)C(=O)N/N=C\c2ccc(OCC(N)=O)c(Cl)c2)cc1. The van der Waals surface area contributed by atoms with E-state index in [1.807, 2.05) is 0 Å². The monoisotopic (exact) mass is 404 g/mol. The molecule has 10 heteroatoms. The fourth-order valence-electron chi connectivity index (χ4n) is 1.94. The number of hydrogen-bond donors (Lipinski definition) is 3. The Morgan fingerprint density at radius 1 is 1.14 bits per heavy atom. The van der Waals surface area contributed by atoms with Crippen molar-refractivity contribution in [3.63, 3.8) is 0 Å². The summed E-state index contributed by atoms with van der Waals surface area (Å²) < 4.78 is 10.1. The largest absolute Gasteiger partial charge is 0.497 e. The highest BCUT2D eigenvalue weighted by Gasteiger charge is 2.12. The smallest absolute Gasteiger partial charge is 0.329 e. The summed E-state index contributed by atoms with van der Waals surface area (Å²) in [6, 6.07) is 11.1. The Balaban J connectivity index is 1.88. The Kier molecular flexibility index (Phi) is 7.35. The predicted molar refractivity (Wildman–Crippen MR) is 104 cm³/mol. The van der Waals surface area contributed by atoms with E-state index in [2.05, 4.69) is 15.8 Å². The van der Waals surface area contributed by atoms with Crippen molar-refractivity contribution in [2.24, 2.45) is 10.8 Å². The molecule has 0 saturated carbocycles. The van der Waals surface area contributed by atoms with Gasteiger partial charge in [0.1, 0.15) is 11.5 Å². The first kappa shape index (κ1) is 20.7. The number of anilines is 1. The second kappa shape index (κ2) is 9.93. The molecule has 0 unspecified atom stereocenters. The van der Waals surface area contributed by atoms with Gasteiger partial charge in [0.15, 0.2) is 6.61 Å². The van der Waals surface area contributed by atoms with Crippen LogP contribution in [0.15, 0.2) is 47.6 Å². The molecule has 0 atom stereocenters. The minimum Gasteiger partial charge on any atom is -0.497 e. The maximum atomic E-state index is 11.8. The van der Waals surface area contributed by atoms with Crippen molar-refractivity contribution in [1.29, 1.82) is 0 Å². The number of halogens is 1. The third kappa shape index (κ3) is 6.29. The van der Waals surface area contributed by atoms with E-state index in [0.717, 1.165) is 0 Å². The number of amides is 3. The first-order valence-electron chi connectivity index (χ1n) is 7.88. The number of hydrazone groups is 1. The molecule has 0 bridgehead atoms. The normalized spacial score (nSPS) is 10.4. The van der Waals surface area contributed by atoms with Crippen molar-refractivity contribution >= 4 is 41.2 Å². The van der Waals surface area contributed by atoms with E-state index in [9.17, 15) is 14.4 Å². The van der Waals surface area contributed by atoms with E-state index in [1.165, 1.54) is 25.5 Å². The highest BCUT2D eigenvalue weighted by Crippen LogP contribution is 2.24. The molecule has 0 radical (unpaired) electrons. The van der Waals surface area contributed by atoms with Gasteiger partial charge in [0.25, 0.3) is 5.91 Å². The minimum absolute atomic E-state index is 0.230. The van der Waals surface area contributed by atoms with Gasteiger partial charge in [0, 0.05) is 5.69 Å². The fourth-order valence-corrected chi connectivity index (χ4v) is 2.19. The zero-order valence-electron chi connectivity index (χ0n) is 14.8. The number of benzene rings is 2. The summed E-state index contributed by atoms with van der Waals surface area (Å²) in [5.41, 5.74) is 8.07. The van der Waals surface area contributed by atoms with E-state index < -0.39 is 17.7 Å². The van der Waals surface area contributed by atoms with E-state index >= 15 is 0 Å². The quantitative estimate of drug-likeness (QED) is 0.363. The molecule has 2 aromatic carbocycles. The number of rotatable bonds is 7. The number of nitrogens with two attached hydrogens (primary N) is 1. The number of nitrogens with one attached hydrogen (secondary N) is 2. The molecule has 0 fully saturated rings. The van der Waals surface area contributed by atoms with Gasteiger partial charge in [-0.1, -0.05) is 11.6 Å². The summed E-state index contributed by atoms with van der Waals surface area (Å²) in [4.78, 5) is 34.3. The maximum absolute atomic E-state index is 11.8. The topological polar surface area (TPSA) is 132 Å². The first-order chi connectivity index (χ1) is 13.4. The van der Waals surface area contributed by atoms with Gasteiger partial charge in [0.05, 0.1) is 18.3 Å². The highest BCUT2D eigenvalue weighted by molar-refractivity contribution is 6.39. The molecular formula is C18H17ClN4O5. The second-order valence-corrected chi connectivity index (χ2v) is 5.73. The van der Waals surface area contributed by atoms with Crippen molar-refractivity contribution in [3.05, 3.63) is 53.1 Å². The molecule has 9 nitrogen and oxygen atoms in total. The average molecular weight is 405 g/mol. The van der Waals surface area contributed by atoms with Gasteiger partial charge >= 0.3 is 11.8 Å². The average Bonchev–Trinajstić information content (AvgIpc) is 2.67. The number of primary amides is 1. The lowest BCUT2D eigenvalue weighted by Crippen LogP contribution is -2.32. The molecule has 0 aromatic heterocycles. The lowest BCUT2D eigenvalue weighted by atomic mass is 10.2. The summed E-state index contributed by atoms with van der Waals surface area (Å²) in [7, 11) is 1.52. The number of nitrogens with zero attached hydrogens (tertiary/aromatic N) is 1. The van der Waals surface area contributed by atoms with Crippen molar-refractivity contribution in [2.75, 3.05) is 19.0 Å². The number of hydrogen-bond acceptors (Lipinski definition) is 6. The molecule has 2 aromatic rings. The molecule has 0 aliphatic carbocycles. The summed E-state index contributed by atoms with van der Waals surface area (Å²) >= 11 is 6.02. The molecule has 28 heavy (non-hydrogen) atoms. The number of ether oxygens (including phenoxy) is 2. The van der Waals surface area contributed by atoms with Crippen LogP contribution in [0.1, 0.15) is 5.56 Å². The molecule has 2 rings (SSSR count). The standard InChI is InChI=1S/C18H17ClN4O5/c1-27-13-5-3-12(4-6-13)22-17(25)18(26)23-21-9-11-2-7-15(14(19)8-11)28-10-16(20)24/h2-9H,10H2,1H3,(H2,20,24)(H,22,25)(H,23,26)/b21-9-. The van der Waals surface area contributed by atoms with Gasteiger partial charge in [-0.3, -0.25) is 14.4 Å². The van der Waals surface area contributed by atoms with E-state index in [-0.39, 0.29) is 17.4 Å². The van der Waals surface area contributed by atoms with Gasteiger partial charge < -0.3 is 20.5 Å². The molecule has 3 amide bonds. The Labute approximate surface area is 165 Å². The third-order valence-electron chi connectivity index (χ3n) is 3.26. The summed E-state index contributed by atoms with van der Waals surface area (Å²) in [6.45, 7) is -0.299. The first-order valence-corrected chi connectivity index (χ1v) is 8.26. The van der Waals surface area contributed by atoms with Crippen LogP contribution in [0.3, 0.4) is 0 Å². The zero-order chi connectivity index (χ0) is 20.5. The number of methoxy groups -OCH3 is 1. The molecule has 0 aliphatic rings. The Morgan fingerprint density at radius 2 is 1.86 bits per heavy atom. The molecule has 0 spiro atoms. The van der Waals surface area contributed by atoms with Gasteiger partial charge in [-0.15, -0.1) is 0 Å². The van der Waals surface area contributed by atoms with E-state index in [0.29, 0.717) is 17.0 Å². The fraction of sp³-hybridized carbons (Fsp3) is 0.111. The summed E-state index contributed by atoms with van der Waals surface area (Å²) in [5, 5.41) is 6.35. The van der Waals surface area contributed by atoms with Crippen LogP contribution in [-0.4, -0.2) is 37.7 Å². The zero-order valence-corrected chi connectivity index (χ0v) is 15.5. The molecule has 0 aliphatic heterocycles. The summed E-state index contributed by atoms with van der Waals surface area (Å²) in [6.07, 6.45) is 1.29. The van der Waals surface area contributed by atoms with Crippen LogP contribution >= 0.6 is 11.6 Å². The second-order valence-electron chi connectivity index (χ2n) is 5.33. The molecule has 4 N–H and O–H groups in total. The Hall–Kier alpha value is -3.59.